The van der Waals surface area contributed by atoms with Crippen molar-refractivity contribution in [1.29, 1.82) is 0 Å². The van der Waals surface area contributed by atoms with E-state index in [4.69, 9.17) is 4.74 Å². The van der Waals surface area contributed by atoms with Crippen LogP contribution in [0.5, 0.6) is 0 Å². The lowest BCUT2D eigenvalue weighted by molar-refractivity contribution is -0.890. The molecule has 1 saturated carbocycles. The van der Waals surface area contributed by atoms with E-state index < -0.39 is 6.10 Å². The number of aliphatic hydroxyl groups is 1. The summed E-state index contributed by atoms with van der Waals surface area (Å²) in [5.41, 5.74) is 1.15. The molecular formula is C19H30NO3+. The standard InChI is InChI=1S/C19H29NO3/c1-12-6-5-7-13-10-15-16(17(21)19(12,13)2)14(18(22)23-15)11-20-8-3-4-9-20/h7,12,14-17,21H,3-6,8-11H2,1-2H3/p+1/t12-,14+,15-,16-,17+,19-/m1/s1. The number of likely N-dealkylation sites (tertiary alicyclic amines) is 1. The molecule has 0 aromatic carbocycles. The predicted molar refractivity (Wildman–Crippen MR) is 86.9 cm³/mol. The Hall–Kier alpha value is -0.870. The number of hydrogen-bond donors (Lipinski definition) is 2. The molecule has 3 fully saturated rings. The first-order valence-electron chi connectivity index (χ1n) is 9.43. The lowest BCUT2D eigenvalue weighted by atomic mass is 9.55. The molecule has 0 bridgehead atoms. The first kappa shape index (κ1) is 15.6. The summed E-state index contributed by atoms with van der Waals surface area (Å²) >= 11 is 0. The van der Waals surface area contributed by atoms with Crippen molar-refractivity contribution in [2.24, 2.45) is 23.2 Å². The van der Waals surface area contributed by atoms with Crippen LogP contribution < -0.4 is 4.90 Å². The maximum Gasteiger partial charge on any atom is 0.315 e. The normalized spacial score (nSPS) is 47.0. The molecule has 2 aliphatic heterocycles. The molecule has 0 aromatic rings. The minimum Gasteiger partial charge on any atom is -0.461 e. The van der Waals surface area contributed by atoms with Gasteiger partial charge in [-0.2, -0.15) is 0 Å². The third kappa shape index (κ3) is 2.29. The predicted octanol–water partition coefficient (Wildman–Crippen LogP) is 0.950. The van der Waals surface area contributed by atoms with E-state index >= 15 is 0 Å². The van der Waals surface area contributed by atoms with Crippen LogP contribution in [0.1, 0.15) is 46.0 Å². The molecule has 23 heavy (non-hydrogen) atoms. The molecule has 128 valence electrons. The van der Waals surface area contributed by atoms with E-state index in [2.05, 4.69) is 19.9 Å². The third-order valence-corrected chi connectivity index (χ3v) is 7.39. The highest BCUT2D eigenvalue weighted by Gasteiger charge is 2.60. The Morgan fingerprint density at radius 3 is 2.87 bits per heavy atom. The average Bonchev–Trinajstić information content (AvgIpc) is 3.12. The van der Waals surface area contributed by atoms with Crippen LogP contribution in [0.2, 0.25) is 0 Å². The number of hydrogen-bond acceptors (Lipinski definition) is 3. The van der Waals surface area contributed by atoms with Crippen molar-refractivity contribution in [2.45, 2.75) is 58.2 Å². The van der Waals surface area contributed by atoms with Crippen LogP contribution in [0.15, 0.2) is 11.6 Å². The Labute approximate surface area is 138 Å². The summed E-state index contributed by atoms with van der Waals surface area (Å²) in [6, 6.07) is 0. The van der Waals surface area contributed by atoms with Gasteiger partial charge in [-0.25, -0.2) is 0 Å². The zero-order valence-electron chi connectivity index (χ0n) is 14.4. The van der Waals surface area contributed by atoms with E-state index in [1.54, 1.807) is 0 Å². The van der Waals surface area contributed by atoms with Gasteiger partial charge in [-0.15, -0.1) is 0 Å². The number of allylic oxidation sites excluding steroid dienone is 1. The molecule has 0 spiro atoms. The molecule has 0 radical (unpaired) electrons. The fourth-order valence-corrected chi connectivity index (χ4v) is 5.69. The van der Waals surface area contributed by atoms with Crippen LogP contribution >= 0.6 is 0 Å². The van der Waals surface area contributed by atoms with E-state index in [-0.39, 0.29) is 29.3 Å². The van der Waals surface area contributed by atoms with Gasteiger partial charge in [0.25, 0.3) is 0 Å². The van der Waals surface area contributed by atoms with Crippen molar-refractivity contribution in [3.05, 3.63) is 11.6 Å². The van der Waals surface area contributed by atoms with Crippen LogP contribution in [0.25, 0.3) is 0 Å². The Bertz CT molecular complexity index is 525. The number of fused-ring (bicyclic) bond motifs is 2. The number of ether oxygens (including phenoxy) is 1. The summed E-state index contributed by atoms with van der Waals surface area (Å²) in [6.45, 7) is 7.65. The Morgan fingerprint density at radius 1 is 1.39 bits per heavy atom. The second-order valence-corrected chi connectivity index (χ2v) is 8.46. The van der Waals surface area contributed by atoms with Gasteiger partial charge in [0, 0.05) is 30.6 Å². The molecule has 4 rings (SSSR count). The zero-order chi connectivity index (χ0) is 16.2. The van der Waals surface area contributed by atoms with E-state index in [1.807, 2.05) is 0 Å². The van der Waals surface area contributed by atoms with Gasteiger partial charge >= 0.3 is 5.97 Å². The first-order valence-corrected chi connectivity index (χ1v) is 9.43. The fraction of sp³-hybridized carbons (Fsp3) is 0.842. The number of carbonyl (C=O) groups is 1. The first-order chi connectivity index (χ1) is 11.0. The second kappa shape index (κ2) is 5.59. The van der Waals surface area contributed by atoms with Gasteiger partial charge in [-0.3, -0.25) is 4.79 Å². The summed E-state index contributed by atoms with van der Waals surface area (Å²) in [7, 11) is 0. The highest BCUT2D eigenvalue weighted by molar-refractivity contribution is 5.76. The monoisotopic (exact) mass is 320 g/mol. The second-order valence-electron chi connectivity index (χ2n) is 8.46. The molecule has 2 N–H and O–H groups in total. The van der Waals surface area contributed by atoms with Crippen molar-refractivity contribution in [1.82, 2.24) is 0 Å². The maximum atomic E-state index is 12.5. The van der Waals surface area contributed by atoms with Crippen molar-refractivity contribution < 1.29 is 19.5 Å². The fourth-order valence-electron chi connectivity index (χ4n) is 5.69. The largest absolute Gasteiger partial charge is 0.461 e. The molecule has 0 unspecified atom stereocenters. The van der Waals surface area contributed by atoms with Crippen molar-refractivity contribution in [3.63, 3.8) is 0 Å². The maximum absolute atomic E-state index is 12.5. The minimum atomic E-state index is -0.457. The molecule has 4 aliphatic rings. The van der Waals surface area contributed by atoms with E-state index in [1.165, 1.54) is 23.3 Å². The molecule has 0 aromatic heterocycles. The number of carbonyl (C=O) groups excluding carboxylic acids is 1. The molecule has 6 atom stereocenters. The van der Waals surface area contributed by atoms with E-state index in [9.17, 15) is 9.90 Å². The summed E-state index contributed by atoms with van der Waals surface area (Å²) in [5.74, 6) is 0.275. The number of quaternary nitrogens is 1. The number of nitrogens with one attached hydrogen (secondary N) is 1. The molecular weight excluding hydrogens is 290 g/mol. The van der Waals surface area contributed by atoms with Crippen molar-refractivity contribution in [3.8, 4) is 0 Å². The van der Waals surface area contributed by atoms with Crippen LogP contribution in [0.4, 0.5) is 0 Å². The minimum absolute atomic E-state index is 0.0155. The van der Waals surface area contributed by atoms with Gasteiger partial charge in [0.05, 0.1) is 25.7 Å². The average molecular weight is 320 g/mol. The lowest BCUT2D eigenvalue weighted by Gasteiger charge is -2.51. The molecule has 2 heterocycles. The van der Waals surface area contributed by atoms with Gasteiger partial charge in [0.1, 0.15) is 12.0 Å². The summed E-state index contributed by atoms with van der Waals surface area (Å²) in [5, 5.41) is 11.3. The van der Waals surface area contributed by atoms with Crippen LogP contribution in [0.3, 0.4) is 0 Å². The smallest absolute Gasteiger partial charge is 0.315 e. The quantitative estimate of drug-likeness (QED) is 0.588. The van der Waals surface area contributed by atoms with Gasteiger partial charge in [0.2, 0.25) is 0 Å². The summed E-state index contributed by atoms with van der Waals surface area (Å²) in [4.78, 5) is 14.0. The Morgan fingerprint density at radius 2 is 2.13 bits per heavy atom. The highest BCUT2D eigenvalue weighted by atomic mass is 16.6. The number of rotatable bonds is 2. The SMILES string of the molecule is C[C@@H]1CCC=C2C[C@H]3OC(=O)[C@@H](C[NH+]4CCCC4)[C@H]3[C@H](O)[C@@]21C. The van der Waals surface area contributed by atoms with Crippen LogP contribution in [0, 0.1) is 23.2 Å². The van der Waals surface area contributed by atoms with Crippen LogP contribution in [-0.2, 0) is 9.53 Å². The van der Waals surface area contributed by atoms with E-state index in [0.29, 0.717) is 5.92 Å². The highest BCUT2D eigenvalue weighted by Crippen LogP contribution is 2.55. The van der Waals surface area contributed by atoms with E-state index in [0.717, 1.165) is 38.9 Å². The lowest BCUT2D eigenvalue weighted by Crippen LogP contribution is -3.11. The molecule has 4 heteroatoms. The molecule has 0 amide bonds. The van der Waals surface area contributed by atoms with Crippen molar-refractivity contribution >= 4 is 5.97 Å². The van der Waals surface area contributed by atoms with Gasteiger partial charge in [0.15, 0.2) is 0 Å². The topological polar surface area (TPSA) is 51.0 Å². The third-order valence-electron chi connectivity index (χ3n) is 7.39. The Balaban J connectivity index is 1.62. The van der Waals surface area contributed by atoms with Crippen LogP contribution in [-0.4, -0.2) is 42.9 Å². The van der Waals surface area contributed by atoms with Crippen molar-refractivity contribution in [2.75, 3.05) is 19.6 Å². The van der Waals surface area contributed by atoms with Gasteiger partial charge in [-0.05, 0) is 18.8 Å². The number of esters is 1. The number of aliphatic hydroxyl groups excluding tert-OH is 1. The molecule has 4 nitrogen and oxygen atoms in total. The summed E-state index contributed by atoms with van der Waals surface area (Å²) in [6.07, 6.45) is 7.31. The zero-order valence-corrected chi connectivity index (χ0v) is 14.4. The summed E-state index contributed by atoms with van der Waals surface area (Å²) < 4.78 is 5.73. The molecule has 2 aliphatic carbocycles. The Kier molecular flexibility index (Phi) is 3.80. The van der Waals surface area contributed by atoms with Gasteiger partial charge in [-0.1, -0.05) is 25.5 Å². The van der Waals surface area contributed by atoms with Gasteiger partial charge < -0.3 is 14.7 Å². The molecule has 2 saturated heterocycles.